The molecule has 0 radical (unpaired) electrons. The summed E-state index contributed by atoms with van der Waals surface area (Å²) in [6.07, 6.45) is 1.92. The van der Waals surface area contributed by atoms with Crippen LogP contribution in [-0.4, -0.2) is 36.6 Å². The highest BCUT2D eigenvalue weighted by Crippen LogP contribution is 2.32. The molecule has 0 bridgehead atoms. The van der Waals surface area contributed by atoms with E-state index in [1.165, 1.54) is 16.7 Å². The molecule has 3 nitrogen and oxygen atoms in total. The molecule has 2 rings (SSSR count). The Morgan fingerprint density at radius 3 is 2.59 bits per heavy atom. The van der Waals surface area contributed by atoms with E-state index in [4.69, 9.17) is 4.74 Å². The van der Waals surface area contributed by atoms with E-state index in [0.29, 0.717) is 11.9 Å². The molecule has 0 aliphatic carbocycles. The zero-order valence-corrected chi connectivity index (χ0v) is 11.2. The maximum absolute atomic E-state index is 5.20. The summed E-state index contributed by atoms with van der Waals surface area (Å²) < 4.78 is 5.20. The lowest BCUT2D eigenvalue weighted by Crippen LogP contribution is -2.24. The van der Waals surface area contributed by atoms with Gasteiger partial charge in [0.05, 0.1) is 7.11 Å². The van der Waals surface area contributed by atoms with Crippen LogP contribution in [0.3, 0.4) is 0 Å². The maximum Gasteiger partial charge on any atom is 0.215 e. The molecule has 0 saturated heterocycles. The van der Waals surface area contributed by atoms with Crippen molar-refractivity contribution in [3.8, 4) is 5.88 Å². The molecule has 0 N–H and O–H groups in total. The number of aryl methyl sites for hydroxylation is 1. The van der Waals surface area contributed by atoms with Crippen molar-refractivity contribution in [1.82, 2.24) is 9.88 Å². The Kier molecular flexibility index (Phi) is 3.20. The lowest BCUT2D eigenvalue weighted by molar-refractivity contribution is 0.353. The number of methoxy groups -OCH3 is 1. The predicted molar refractivity (Wildman–Crippen MR) is 70.2 cm³/mol. The molecule has 3 heteroatoms. The Morgan fingerprint density at radius 2 is 2.12 bits per heavy atom. The first-order valence-electron chi connectivity index (χ1n) is 5.95. The van der Waals surface area contributed by atoms with Gasteiger partial charge in [0.25, 0.3) is 0 Å². The van der Waals surface area contributed by atoms with E-state index in [1.54, 1.807) is 7.11 Å². The monoisotopic (exact) mass is 232 g/mol. The van der Waals surface area contributed by atoms with Crippen molar-refractivity contribution in [2.24, 2.45) is 0 Å². The van der Waals surface area contributed by atoms with Gasteiger partial charge in [-0.2, -0.15) is 0 Å². The average molecular weight is 232 g/mol. The highest BCUT2D eigenvalue weighted by Gasteiger charge is 2.25. The van der Waals surface area contributed by atoms with Crippen LogP contribution < -0.4 is 4.74 Å². The number of nitrogens with zero attached hydrogens (tertiary/aromatic N) is 2. The second kappa shape index (κ2) is 4.49. The largest absolute Gasteiger partial charge is 0.481 e. The van der Waals surface area contributed by atoms with Crippen molar-refractivity contribution >= 4 is 5.57 Å². The second-order valence-electron chi connectivity index (χ2n) is 4.84. The van der Waals surface area contributed by atoms with Crippen molar-refractivity contribution in [3.05, 3.63) is 29.0 Å². The molecule has 0 saturated carbocycles. The highest BCUT2D eigenvalue weighted by molar-refractivity contribution is 5.74. The summed E-state index contributed by atoms with van der Waals surface area (Å²) in [6, 6.07) is 2.63. The van der Waals surface area contributed by atoms with Crippen molar-refractivity contribution in [2.45, 2.75) is 26.8 Å². The van der Waals surface area contributed by atoms with E-state index in [9.17, 15) is 0 Å². The van der Waals surface area contributed by atoms with Crippen LogP contribution >= 0.6 is 0 Å². The Bertz CT molecular complexity index is 465. The van der Waals surface area contributed by atoms with E-state index in [0.717, 1.165) is 12.1 Å². The van der Waals surface area contributed by atoms with Gasteiger partial charge in [-0.15, -0.1) is 0 Å². The van der Waals surface area contributed by atoms with E-state index < -0.39 is 0 Å². The molecule has 0 amide bonds. The summed E-state index contributed by atoms with van der Waals surface area (Å²) in [5.74, 6) is 0.714. The normalized spacial score (nSPS) is 21.1. The third-order valence-electron chi connectivity index (χ3n) is 3.56. The third kappa shape index (κ3) is 2.07. The molecule has 1 unspecified atom stereocenters. The van der Waals surface area contributed by atoms with Crippen LogP contribution in [0.4, 0.5) is 0 Å². The number of rotatable bonds is 2. The van der Waals surface area contributed by atoms with Crippen LogP contribution in [0.25, 0.3) is 5.57 Å². The minimum absolute atomic E-state index is 0.463. The SMILES string of the molecule is COc1ncc(C2=C(C)CN(C)C2C)cc1C. The Hall–Kier alpha value is -1.35. The molecule has 17 heavy (non-hydrogen) atoms. The fourth-order valence-corrected chi connectivity index (χ4v) is 2.58. The van der Waals surface area contributed by atoms with Crippen LogP contribution in [0, 0.1) is 6.92 Å². The highest BCUT2D eigenvalue weighted by atomic mass is 16.5. The summed E-state index contributed by atoms with van der Waals surface area (Å²) in [5, 5.41) is 0. The molecular weight excluding hydrogens is 212 g/mol. The molecule has 1 aliphatic rings. The van der Waals surface area contributed by atoms with Crippen LogP contribution in [0.2, 0.25) is 0 Å². The molecule has 1 atom stereocenters. The first-order valence-corrected chi connectivity index (χ1v) is 5.95. The van der Waals surface area contributed by atoms with E-state index in [1.807, 2.05) is 13.1 Å². The van der Waals surface area contributed by atoms with Gasteiger partial charge < -0.3 is 4.74 Å². The van der Waals surface area contributed by atoms with Gasteiger partial charge in [0.2, 0.25) is 5.88 Å². The molecule has 92 valence electrons. The van der Waals surface area contributed by atoms with Crippen LogP contribution in [0.15, 0.2) is 17.8 Å². The fourth-order valence-electron chi connectivity index (χ4n) is 2.58. The zero-order valence-electron chi connectivity index (χ0n) is 11.2. The Labute approximate surface area is 103 Å². The van der Waals surface area contributed by atoms with Gasteiger partial charge in [-0.05, 0) is 45.0 Å². The lowest BCUT2D eigenvalue weighted by atomic mass is 9.98. The van der Waals surface area contributed by atoms with Gasteiger partial charge in [0.15, 0.2) is 0 Å². The van der Waals surface area contributed by atoms with Gasteiger partial charge in [0, 0.05) is 24.3 Å². The van der Waals surface area contributed by atoms with Gasteiger partial charge >= 0.3 is 0 Å². The van der Waals surface area contributed by atoms with Crippen molar-refractivity contribution < 1.29 is 4.74 Å². The smallest absolute Gasteiger partial charge is 0.215 e. The van der Waals surface area contributed by atoms with E-state index in [2.05, 4.69) is 36.8 Å². The molecule has 2 heterocycles. The number of likely N-dealkylation sites (N-methyl/N-ethyl adjacent to an activating group) is 1. The van der Waals surface area contributed by atoms with Crippen molar-refractivity contribution in [2.75, 3.05) is 20.7 Å². The van der Waals surface area contributed by atoms with Crippen LogP contribution in [0.1, 0.15) is 25.0 Å². The molecule has 1 aromatic heterocycles. The predicted octanol–water partition coefficient (Wildman–Crippen LogP) is 2.51. The molecule has 1 aliphatic heterocycles. The first-order chi connectivity index (χ1) is 8.04. The molecule has 0 aromatic carbocycles. The Morgan fingerprint density at radius 1 is 1.41 bits per heavy atom. The fraction of sp³-hybridized carbons (Fsp3) is 0.500. The standard InChI is InChI=1S/C14H20N2O/c1-9-6-12(7-15-14(9)17-5)13-10(2)8-16(4)11(13)3/h6-7,11H,8H2,1-5H3. The molecule has 1 aromatic rings. The number of pyridine rings is 1. The first kappa shape index (κ1) is 12.1. The quantitative estimate of drug-likeness (QED) is 0.783. The topological polar surface area (TPSA) is 25.4 Å². The Balaban J connectivity index is 2.41. The number of aromatic nitrogens is 1. The number of hydrogen-bond acceptors (Lipinski definition) is 3. The van der Waals surface area contributed by atoms with Crippen molar-refractivity contribution in [3.63, 3.8) is 0 Å². The minimum Gasteiger partial charge on any atom is -0.481 e. The van der Waals surface area contributed by atoms with Gasteiger partial charge in [-0.1, -0.05) is 5.57 Å². The average Bonchev–Trinajstić information content (AvgIpc) is 2.53. The van der Waals surface area contributed by atoms with Gasteiger partial charge in [-0.3, -0.25) is 4.90 Å². The summed E-state index contributed by atoms with van der Waals surface area (Å²) >= 11 is 0. The van der Waals surface area contributed by atoms with Gasteiger partial charge in [0.1, 0.15) is 0 Å². The van der Waals surface area contributed by atoms with Gasteiger partial charge in [-0.25, -0.2) is 4.98 Å². The summed E-state index contributed by atoms with van der Waals surface area (Å²) in [4.78, 5) is 6.71. The van der Waals surface area contributed by atoms with Crippen LogP contribution in [-0.2, 0) is 0 Å². The second-order valence-corrected chi connectivity index (χ2v) is 4.84. The lowest BCUT2D eigenvalue weighted by Gasteiger charge is -2.18. The summed E-state index contributed by atoms with van der Waals surface area (Å²) in [7, 11) is 3.82. The minimum atomic E-state index is 0.463. The molecular formula is C14H20N2O. The van der Waals surface area contributed by atoms with Crippen molar-refractivity contribution in [1.29, 1.82) is 0 Å². The van der Waals surface area contributed by atoms with E-state index in [-0.39, 0.29) is 0 Å². The summed E-state index contributed by atoms with van der Waals surface area (Å²) in [5.41, 5.74) is 5.15. The van der Waals surface area contributed by atoms with E-state index >= 15 is 0 Å². The molecule has 0 spiro atoms. The number of hydrogen-bond donors (Lipinski definition) is 0. The third-order valence-corrected chi connectivity index (χ3v) is 3.56. The van der Waals surface area contributed by atoms with Crippen LogP contribution in [0.5, 0.6) is 5.88 Å². The maximum atomic E-state index is 5.20. The molecule has 0 fully saturated rings. The summed E-state index contributed by atoms with van der Waals surface area (Å²) in [6.45, 7) is 7.52. The number of ether oxygens (including phenoxy) is 1. The zero-order chi connectivity index (χ0) is 12.6.